The van der Waals surface area contributed by atoms with E-state index in [4.69, 9.17) is 5.11 Å². The molecule has 0 spiro atoms. The lowest BCUT2D eigenvalue weighted by Gasteiger charge is -2.06. The van der Waals surface area contributed by atoms with Crippen LogP contribution >= 0.6 is 0 Å². The van der Waals surface area contributed by atoms with E-state index in [2.05, 4.69) is 17.4 Å². The van der Waals surface area contributed by atoms with Gasteiger partial charge in [0.2, 0.25) is 5.91 Å². The predicted octanol–water partition coefficient (Wildman–Crippen LogP) is 3.18. The van der Waals surface area contributed by atoms with Crippen molar-refractivity contribution in [1.29, 1.82) is 0 Å². The topological polar surface area (TPSA) is 49.3 Å². The molecular weight excluding hydrogens is 262 g/mol. The van der Waals surface area contributed by atoms with Gasteiger partial charge in [-0.05, 0) is 42.5 Å². The van der Waals surface area contributed by atoms with E-state index >= 15 is 0 Å². The first kappa shape index (κ1) is 15.3. The Morgan fingerprint density at radius 3 is 2.24 bits per heavy atom. The van der Waals surface area contributed by atoms with Crippen LogP contribution in [-0.4, -0.2) is 17.6 Å². The zero-order valence-electron chi connectivity index (χ0n) is 12.1. The van der Waals surface area contributed by atoms with Crippen LogP contribution in [0.25, 0.3) is 0 Å². The van der Waals surface area contributed by atoms with Crippen molar-refractivity contribution in [1.82, 2.24) is 0 Å². The zero-order valence-corrected chi connectivity index (χ0v) is 12.1. The summed E-state index contributed by atoms with van der Waals surface area (Å²) >= 11 is 0. The Morgan fingerprint density at radius 1 is 0.905 bits per heavy atom. The van der Waals surface area contributed by atoms with Crippen molar-refractivity contribution in [3.05, 3.63) is 65.7 Å². The highest BCUT2D eigenvalue weighted by molar-refractivity contribution is 5.90. The highest BCUT2D eigenvalue weighted by Crippen LogP contribution is 2.11. The van der Waals surface area contributed by atoms with Gasteiger partial charge in [-0.1, -0.05) is 42.5 Å². The second-order valence-electron chi connectivity index (χ2n) is 5.06. The third kappa shape index (κ3) is 5.40. The van der Waals surface area contributed by atoms with Gasteiger partial charge < -0.3 is 10.4 Å². The number of benzene rings is 2. The van der Waals surface area contributed by atoms with E-state index in [0.717, 1.165) is 24.1 Å². The zero-order chi connectivity index (χ0) is 14.9. The highest BCUT2D eigenvalue weighted by Gasteiger charge is 2.03. The average Bonchev–Trinajstić information content (AvgIpc) is 2.51. The Kier molecular flexibility index (Phi) is 5.98. The maximum atomic E-state index is 11.9. The van der Waals surface area contributed by atoms with E-state index in [-0.39, 0.29) is 12.5 Å². The second-order valence-corrected chi connectivity index (χ2v) is 5.06. The average molecular weight is 283 g/mol. The van der Waals surface area contributed by atoms with Gasteiger partial charge in [0.25, 0.3) is 0 Å². The number of anilines is 1. The first-order chi connectivity index (χ1) is 10.3. The number of aliphatic hydroxyl groups is 1. The molecule has 3 heteroatoms. The van der Waals surface area contributed by atoms with Gasteiger partial charge in [0, 0.05) is 18.7 Å². The molecule has 0 saturated heterocycles. The first-order valence-corrected chi connectivity index (χ1v) is 7.31. The summed E-state index contributed by atoms with van der Waals surface area (Å²) < 4.78 is 0. The molecule has 2 aromatic carbocycles. The van der Waals surface area contributed by atoms with Crippen LogP contribution in [0, 0.1) is 0 Å². The number of hydrogen-bond donors (Lipinski definition) is 2. The van der Waals surface area contributed by atoms with Gasteiger partial charge in [-0.3, -0.25) is 4.79 Å². The summed E-state index contributed by atoms with van der Waals surface area (Å²) in [6, 6.07) is 17.8. The smallest absolute Gasteiger partial charge is 0.224 e. The normalized spacial score (nSPS) is 10.3. The number of aliphatic hydroxyl groups excluding tert-OH is 1. The molecule has 1 amide bonds. The van der Waals surface area contributed by atoms with E-state index in [9.17, 15) is 4.79 Å². The van der Waals surface area contributed by atoms with E-state index in [1.165, 1.54) is 5.56 Å². The summed E-state index contributed by atoms with van der Waals surface area (Å²) in [6.07, 6.45) is 2.93. The molecule has 0 aliphatic carbocycles. The summed E-state index contributed by atoms with van der Waals surface area (Å²) in [5.74, 6) is 0.0424. The molecule has 3 nitrogen and oxygen atoms in total. The van der Waals surface area contributed by atoms with Crippen LogP contribution in [-0.2, 0) is 17.6 Å². The molecule has 0 radical (unpaired) electrons. The molecule has 0 aliphatic rings. The van der Waals surface area contributed by atoms with E-state index in [1.807, 2.05) is 42.5 Å². The van der Waals surface area contributed by atoms with Crippen molar-refractivity contribution in [2.24, 2.45) is 0 Å². The second kappa shape index (κ2) is 8.22. The standard InChI is InChI=1S/C18H21NO2/c20-14-13-16-9-11-17(12-10-16)19-18(21)8-4-7-15-5-2-1-3-6-15/h1-3,5-6,9-12,20H,4,7-8,13-14H2,(H,19,21). The van der Waals surface area contributed by atoms with Crippen molar-refractivity contribution in [3.8, 4) is 0 Å². The minimum Gasteiger partial charge on any atom is -0.396 e. The molecule has 2 aromatic rings. The molecule has 0 heterocycles. The molecule has 0 aliphatic heterocycles. The molecule has 0 atom stereocenters. The van der Waals surface area contributed by atoms with Gasteiger partial charge in [0.1, 0.15) is 0 Å². The molecular formula is C18H21NO2. The van der Waals surface area contributed by atoms with Crippen molar-refractivity contribution >= 4 is 11.6 Å². The summed E-state index contributed by atoms with van der Waals surface area (Å²) in [4.78, 5) is 11.9. The Labute approximate surface area is 125 Å². The van der Waals surface area contributed by atoms with Gasteiger partial charge in [0.15, 0.2) is 0 Å². The van der Waals surface area contributed by atoms with Gasteiger partial charge in [-0.15, -0.1) is 0 Å². The summed E-state index contributed by atoms with van der Waals surface area (Å²) in [7, 11) is 0. The van der Waals surface area contributed by atoms with Crippen LogP contribution in [0.5, 0.6) is 0 Å². The van der Waals surface area contributed by atoms with Gasteiger partial charge in [-0.25, -0.2) is 0 Å². The molecule has 2 rings (SSSR count). The van der Waals surface area contributed by atoms with Crippen molar-refractivity contribution in [2.45, 2.75) is 25.7 Å². The Hall–Kier alpha value is -2.13. The molecule has 2 N–H and O–H groups in total. The number of nitrogens with one attached hydrogen (secondary N) is 1. The molecule has 21 heavy (non-hydrogen) atoms. The number of carbonyl (C=O) groups excluding carboxylic acids is 1. The number of carbonyl (C=O) groups is 1. The predicted molar refractivity (Wildman–Crippen MR) is 85.2 cm³/mol. The monoisotopic (exact) mass is 283 g/mol. The highest BCUT2D eigenvalue weighted by atomic mass is 16.2. The van der Waals surface area contributed by atoms with Crippen LogP contribution < -0.4 is 5.32 Å². The lowest BCUT2D eigenvalue weighted by molar-refractivity contribution is -0.116. The molecule has 0 bridgehead atoms. The van der Waals surface area contributed by atoms with E-state index < -0.39 is 0 Å². The summed E-state index contributed by atoms with van der Waals surface area (Å²) in [5, 5.41) is 11.8. The van der Waals surface area contributed by atoms with E-state index in [0.29, 0.717) is 12.8 Å². The Bertz CT molecular complexity index is 549. The van der Waals surface area contributed by atoms with Crippen LogP contribution in [0.2, 0.25) is 0 Å². The fourth-order valence-electron chi connectivity index (χ4n) is 2.21. The maximum Gasteiger partial charge on any atom is 0.224 e. The SMILES string of the molecule is O=C(CCCc1ccccc1)Nc1ccc(CCO)cc1. The number of hydrogen-bond acceptors (Lipinski definition) is 2. The van der Waals surface area contributed by atoms with Crippen LogP contribution in [0.15, 0.2) is 54.6 Å². The largest absolute Gasteiger partial charge is 0.396 e. The lowest BCUT2D eigenvalue weighted by atomic mass is 10.1. The third-order valence-corrected chi connectivity index (χ3v) is 3.35. The van der Waals surface area contributed by atoms with Crippen molar-refractivity contribution < 1.29 is 9.90 Å². The molecule has 0 aromatic heterocycles. The minimum atomic E-state index is 0.0424. The Morgan fingerprint density at radius 2 is 1.57 bits per heavy atom. The third-order valence-electron chi connectivity index (χ3n) is 3.35. The quantitative estimate of drug-likeness (QED) is 0.820. The number of amides is 1. The van der Waals surface area contributed by atoms with Gasteiger partial charge in [0.05, 0.1) is 0 Å². The van der Waals surface area contributed by atoms with Gasteiger partial charge in [-0.2, -0.15) is 0 Å². The molecule has 0 unspecified atom stereocenters. The van der Waals surface area contributed by atoms with Crippen molar-refractivity contribution in [3.63, 3.8) is 0 Å². The maximum absolute atomic E-state index is 11.9. The summed E-state index contributed by atoms with van der Waals surface area (Å²) in [6.45, 7) is 0.144. The lowest BCUT2D eigenvalue weighted by Crippen LogP contribution is -2.11. The fourth-order valence-corrected chi connectivity index (χ4v) is 2.21. The van der Waals surface area contributed by atoms with E-state index in [1.54, 1.807) is 0 Å². The molecule has 0 saturated carbocycles. The number of rotatable bonds is 7. The molecule has 0 fully saturated rings. The van der Waals surface area contributed by atoms with Crippen LogP contribution in [0.3, 0.4) is 0 Å². The van der Waals surface area contributed by atoms with Crippen molar-refractivity contribution in [2.75, 3.05) is 11.9 Å². The minimum absolute atomic E-state index is 0.0424. The van der Waals surface area contributed by atoms with Crippen LogP contribution in [0.4, 0.5) is 5.69 Å². The summed E-state index contributed by atoms with van der Waals surface area (Å²) in [5.41, 5.74) is 3.14. The van der Waals surface area contributed by atoms with Crippen LogP contribution in [0.1, 0.15) is 24.0 Å². The molecule has 110 valence electrons. The number of aryl methyl sites for hydroxylation is 1. The Balaban J connectivity index is 1.74. The first-order valence-electron chi connectivity index (χ1n) is 7.31. The fraction of sp³-hybridized carbons (Fsp3) is 0.278. The van der Waals surface area contributed by atoms with Gasteiger partial charge >= 0.3 is 0 Å².